The van der Waals surface area contributed by atoms with Crippen molar-refractivity contribution in [3.63, 3.8) is 0 Å². The fourth-order valence-electron chi connectivity index (χ4n) is 5.21. The number of aryl methyl sites for hydroxylation is 1. The molecule has 1 aliphatic heterocycles. The van der Waals surface area contributed by atoms with Crippen molar-refractivity contribution < 1.29 is 14.4 Å². The predicted octanol–water partition coefficient (Wildman–Crippen LogP) is 4.19. The molecule has 0 radical (unpaired) electrons. The van der Waals surface area contributed by atoms with E-state index in [1.54, 1.807) is 23.5 Å². The highest BCUT2D eigenvalue weighted by atomic mass is 32.1. The van der Waals surface area contributed by atoms with Crippen LogP contribution in [0.5, 0.6) is 0 Å². The Labute approximate surface area is 186 Å². The van der Waals surface area contributed by atoms with Crippen LogP contribution in [0.2, 0.25) is 0 Å². The zero-order valence-electron chi connectivity index (χ0n) is 18.3. The predicted molar refractivity (Wildman–Crippen MR) is 121 cm³/mol. The van der Waals surface area contributed by atoms with E-state index in [2.05, 4.69) is 36.4 Å². The minimum Gasteiger partial charge on any atom is -0.325 e. The van der Waals surface area contributed by atoms with Gasteiger partial charge in [0, 0.05) is 16.6 Å². The van der Waals surface area contributed by atoms with E-state index in [9.17, 15) is 14.4 Å². The summed E-state index contributed by atoms with van der Waals surface area (Å²) >= 11 is 1.59. The molecule has 7 nitrogen and oxygen atoms in total. The van der Waals surface area contributed by atoms with Crippen LogP contribution in [0.25, 0.3) is 11.3 Å². The third-order valence-electron chi connectivity index (χ3n) is 6.01. The lowest BCUT2D eigenvalue weighted by atomic mass is 9.64. The standard InChI is InChI=1S/C23H28N4O3S/c1-14-9-22(3,4)13-23(10-14)20(29)27(21(30)26-23)11-19(28)25-17-7-5-16(6-8-17)18-12-31-15(2)24-18/h5-8,12,14H,9-11,13H2,1-4H3,(H,25,28)(H,26,30)/t14-,23-/m0/s1. The average molecular weight is 441 g/mol. The Bertz CT molecular complexity index is 1030. The summed E-state index contributed by atoms with van der Waals surface area (Å²) in [7, 11) is 0. The number of amides is 4. The average Bonchev–Trinajstić information content (AvgIpc) is 3.18. The second-order valence-electron chi connectivity index (χ2n) is 9.64. The summed E-state index contributed by atoms with van der Waals surface area (Å²) in [5.41, 5.74) is 1.53. The van der Waals surface area contributed by atoms with Crippen molar-refractivity contribution in [1.82, 2.24) is 15.2 Å². The maximum absolute atomic E-state index is 13.2. The van der Waals surface area contributed by atoms with Crippen LogP contribution in [0.3, 0.4) is 0 Å². The largest absolute Gasteiger partial charge is 0.325 e. The molecular formula is C23H28N4O3S. The van der Waals surface area contributed by atoms with Gasteiger partial charge in [0.2, 0.25) is 5.91 Å². The van der Waals surface area contributed by atoms with Gasteiger partial charge in [-0.25, -0.2) is 9.78 Å². The number of benzene rings is 1. The van der Waals surface area contributed by atoms with E-state index < -0.39 is 17.5 Å². The Morgan fingerprint density at radius 2 is 1.97 bits per heavy atom. The van der Waals surface area contributed by atoms with Crippen LogP contribution < -0.4 is 10.6 Å². The Balaban J connectivity index is 1.41. The third-order valence-corrected chi connectivity index (χ3v) is 6.78. The second-order valence-corrected chi connectivity index (χ2v) is 10.7. The lowest BCUT2D eigenvalue weighted by molar-refractivity contribution is -0.136. The molecule has 1 aromatic heterocycles. The second kappa shape index (κ2) is 7.75. The maximum Gasteiger partial charge on any atom is 0.325 e. The first-order valence-electron chi connectivity index (χ1n) is 10.5. The molecule has 4 amide bonds. The molecule has 1 saturated heterocycles. The van der Waals surface area contributed by atoms with E-state index in [4.69, 9.17) is 0 Å². The molecule has 2 N–H and O–H groups in total. The number of nitrogens with zero attached hydrogens (tertiary/aromatic N) is 2. The molecular weight excluding hydrogens is 412 g/mol. The summed E-state index contributed by atoms with van der Waals surface area (Å²) < 4.78 is 0. The topological polar surface area (TPSA) is 91.4 Å². The molecule has 1 saturated carbocycles. The first kappa shape index (κ1) is 21.5. The molecule has 31 heavy (non-hydrogen) atoms. The number of aromatic nitrogens is 1. The van der Waals surface area contributed by atoms with Crippen molar-refractivity contribution in [3.8, 4) is 11.3 Å². The highest BCUT2D eigenvalue weighted by Crippen LogP contribution is 2.46. The smallest absolute Gasteiger partial charge is 0.325 e. The van der Waals surface area contributed by atoms with Gasteiger partial charge in [-0.2, -0.15) is 0 Å². The van der Waals surface area contributed by atoms with Crippen LogP contribution >= 0.6 is 11.3 Å². The highest BCUT2D eigenvalue weighted by molar-refractivity contribution is 7.09. The number of carbonyl (C=O) groups is 3. The number of urea groups is 1. The van der Waals surface area contributed by atoms with E-state index in [0.717, 1.165) is 27.6 Å². The van der Waals surface area contributed by atoms with Gasteiger partial charge >= 0.3 is 6.03 Å². The molecule has 0 unspecified atom stereocenters. The number of carbonyl (C=O) groups excluding carboxylic acids is 3. The summed E-state index contributed by atoms with van der Waals surface area (Å²) in [6.45, 7) is 8.01. The van der Waals surface area contributed by atoms with E-state index >= 15 is 0 Å². The van der Waals surface area contributed by atoms with Crippen molar-refractivity contribution in [1.29, 1.82) is 0 Å². The molecule has 2 aromatic rings. The fourth-order valence-corrected chi connectivity index (χ4v) is 5.84. The molecule has 1 aromatic carbocycles. The summed E-state index contributed by atoms with van der Waals surface area (Å²) in [4.78, 5) is 43.8. The van der Waals surface area contributed by atoms with Crippen molar-refractivity contribution in [2.75, 3.05) is 11.9 Å². The van der Waals surface area contributed by atoms with Crippen LogP contribution in [0, 0.1) is 18.3 Å². The maximum atomic E-state index is 13.2. The number of thiazole rings is 1. The number of imide groups is 1. The third kappa shape index (κ3) is 4.35. The number of rotatable bonds is 4. The highest BCUT2D eigenvalue weighted by Gasteiger charge is 2.56. The van der Waals surface area contributed by atoms with Gasteiger partial charge in [0.15, 0.2) is 0 Å². The summed E-state index contributed by atoms with van der Waals surface area (Å²) in [6.07, 6.45) is 2.20. The van der Waals surface area contributed by atoms with Crippen molar-refractivity contribution in [2.45, 2.75) is 52.5 Å². The van der Waals surface area contributed by atoms with Gasteiger partial charge in [-0.1, -0.05) is 32.9 Å². The fraction of sp³-hybridized carbons (Fsp3) is 0.478. The molecule has 2 atom stereocenters. The molecule has 0 bridgehead atoms. The molecule has 2 fully saturated rings. The van der Waals surface area contributed by atoms with Gasteiger partial charge in [0.25, 0.3) is 5.91 Å². The van der Waals surface area contributed by atoms with Crippen LogP contribution in [0.4, 0.5) is 10.5 Å². The van der Waals surface area contributed by atoms with Crippen LogP contribution in [-0.4, -0.2) is 39.8 Å². The number of hydrogen-bond donors (Lipinski definition) is 2. The van der Waals surface area contributed by atoms with E-state index in [1.807, 2.05) is 24.4 Å². The van der Waals surface area contributed by atoms with Gasteiger partial charge < -0.3 is 10.6 Å². The zero-order valence-corrected chi connectivity index (χ0v) is 19.1. The minimum absolute atomic E-state index is 0.0452. The van der Waals surface area contributed by atoms with Crippen LogP contribution in [0.1, 0.15) is 45.0 Å². The molecule has 4 rings (SSSR count). The number of hydrogen-bond acceptors (Lipinski definition) is 5. The lowest BCUT2D eigenvalue weighted by Gasteiger charge is -2.43. The van der Waals surface area contributed by atoms with Crippen molar-refractivity contribution in [3.05, 3.63) is 34.7 Å². The van der Waals surface area contributed by atoms with E-state index in [0.29, 0.717) is 24.4 Å². The molecule has 1 aliphatic carbocycles. The normalized spacial score (nSPS) is 25.0. The lowest BCUT2D eigenvalue weighted by Crippen LogP contribution is -2.54. The number of anilines is 1. The van der Waals surface area contributed by atoms with Crippen molar-refractivity contribution >= 4 is 34.9 Å². The first-order chi connectivity index (χ1) is 14.6. The Kier molecular flexibility index (Phi) is 5.37. The van der Waals surface area contributed by atoms with E-state index in [1.165, 1.54) is 0 Å². The molecule has 2 heterocycles. The molecule has 8 heteroatoms. The quantitative estimate of drug-likeness (QED) is 0.697. The van der Waals surface area contributed by atoms with Gasteiger partial charge in [-0.15, -0.1) is 11.3 Å². The minimum atomic E-state index is -0.897. The Hall–Kier alpha value is -2.74. The Morgan fingerprint density at radius 1 is 1.26 bits per heavy atom. The molecule has 2 aliphatic rings. The summed E-state index contributed by atoms with van der Waals surface area (Å²) in [6, 6.07) is 6.87. The molecule has 164 valence electrons. The molecule has 1 spiro atoms. The van der Waals surface area contributed by atoms with Crippen LogP contribution in [-0.2, 0) is 9.59 Å². The van der Waals surface area contributed by atoms with Gasteiger partial charge in [0.1, 0.15) is 12.1 Å². The van der Waals surface area contributed by atoms with Gasteiger partial charge in [-0.3, -0.25) is 14.5 Å². The van der Waals surface area contributed by atoms with Crippen LogP contribution in [0.15, 0.2) is 29.6 Å². The van der Waals surface area contributed by atoms with Crippen molar-refractivity contribution in [2.24, 2.45) is 11.3 Å². The summed E-state index contributed by atoms with van der Waals surface area (Å²) in [5, 5.41) is 8.67. The zero-order chi connectivity index (χ0) is 22.4. The van der Waals surface area contributed by atoms with Gasteiger partial charge in [0.05, 0.1) is 10.7 Å². The first-order valence-corrected chi connectivity index (χ1v) is 11.4. The van der Waals surface area contributed by atoms with E-state index in [-0.39, 0.29) is 17.9 Å². The van der Waals surface area contributed by atoms with Gasteiger partial charge in [-0.05, 0) is 49.7 Å². The Morgan fingerprint density at radius 3 is 2.58 bits per heavy atom. The summed E-state index contributed by atoms with van der Waals surface area (Å²) in [5.74, 6) is -0.371. The SMILES string of the molecule is Cc1nc(-c2ccc(NC(=O)CN3C(=O)N[C@]4(C[C@@H](C)CC(C)(C)C4)C3=O)cc2)cs1. The monoisotopic (exact) mass is 440 g/mol. The number of nitrogens with one attached hydrogen (secondary N) is 2.